The molecule has 136 valence electrons. The van der Waals surface area contributed by atoms with E-state index in [2.05, 4.69) is 0 Å². The Hall–Kier alpha value is -1.93. The first-order valence-corrected chi connectivity index (χ1v) is 9.91. The van der Waals surface area contributed by atoms with E-state index in [4.69, 9.17) is 4.74 Å². The summed E-state index contributed by atoms with van der Waals surface area (Å²) < 4.78 is 30.3. The van der Waals surface area contributed by atoms with Crippen LogP contribution < -0.4 is 0 Å². The van der Waals surface area contributed by atoms with Crippen LogP contribution in [0.4, 0.5) is 0 Å². The summed E-state index contributed by atoms with van der Waals surface area (Å²) in [5.41, 5.74) is 0.276. The first-order valence-electron chi connectivity index (χ1n) is 8.37. The number of sulfone groups is 1. The van der Waals surface area contributed by atoms with Crippen LogP contribution in [0.25, 0.3) is 0 Å². The van der Waals surface area contributed by atoms with Crippen LogP contribution in [0.2, 0.25) is 0 Å². The molecular weight excluding hydrogens is 346 g/mol. The molecule has 25 heavy (non-hydrogen) atoms. The maximum absolute atomic E-state index is 12.6. The van der Waals surface area contributed by atoms with Crippen molar-refractivity contribution in [2.45, 2.75) is 41.9 Å². The summed E-state index contributed by atoms with van der Waals surface area (Å²) in [5, 5.41) is 8.88. The highest BCUT2D eigenvalue weighted by Crippen LogP contribution is 2.29. The molecular formula is C17H21NO6S. The summed E-state index contributed by atoms with van der Waals surface area (Å²) in [5.74, 6) is -1.55. The Morgan fingerprint density at radius 1 is 1.12 bits per heavy atom. The number of rotatable bonds is 4. The molecule has 1 saturated carbocycles. The van der Waals surface area contributed by atoms with Crippen molar-refractivity contribution >= 4 is 21.7 Å². The lowest BCUT2D eigenvalue weighted by atomic mass is 10.1. The molecule has 1 N–H and O–H groups in total. The summed E-state index contributed by atoms with van der Waals surface area (Å²) in [6.07, 6.45) is 3.20. The van der Waals surface area contributed by atoms with E-state index in [1.807, 2.05) is 0 Å². The van der Waals surface area contributed by atoms with Crippen molar-refractivity contribution in [1.82, 2.24) is 4.90 Å². The summed E-state index contributed by atoms with van der Waals surface area (Å²) in [6.45, 7) is 0.427. The molecule has 8 heteroatoms. The maximum Gasteiger partial charge on any atom is 0.328 e. The Kier molecular flexibility index (Phi) is 5.10. The van der Waals surface area contributed by atoms with E-state index in [9.17, 15) is 23.1 Å². The third kappa shape index (κ3) is 3.55. The predicted molar refractivity (Wildman–Crippen MR) is 89.2 cm³/mol. The summed E-state index contributed by atoms with van der Waals surface area (Å²) in [6, 6.07) is 4.77. The van der Waals surface area contributed by atoms with Gasteiger partial charge in [-0.05, 0) is 37.1 Å². The Morgan fingerprint density at radius 3 is 2.36 bits per heavy atom. The van der Waals surface area contributed by atoms with Gasteiger partial charge in [-0.15, -0.1) is 0 Å². The number of aliphatic carboxylic acids is 1. The quantitative estimate of drug-likeness (QED) is 0.861. The molecule has 2 aliphatic rings. The van der Waals surface area contributed by atoms with E-state index in [1.54, 1.807) is 0 Å². The third-order valence-electron chi connectivity index (χ3n) is 4.85. The molecule has 1 saturated heterocycles. The fourth-order valence-electron chi connectivity index (χ4n) is 3.40. The van der Waals surface area contributed by atoms with Gasteiger partial charge in [-0.1, -0.05) is 12.8 Å². The van der Waals surface area contributed by atoms with Crippen LogP contribution in [0.15, 0.2) is 29.2 Å². The number of nitrogens with zero attached hydrogens (tertiary/aromatic N) is 1. The number of carbonyl (C=O) groups is 2. The molecule has 1 aromatic carbocycles. The Morgan fingerprint density at radius 2 is 1.76 bits per heavy atom. The average Bonchev–Trinajstić information content (AvgIpc) is 3.16. The second-order valence-corrected chi connectivity index (χ2v) is 8.63. The number of morpholine rings is 1. The zero-order valence-corrected chi connectivity index (χ0v) is 14.6. The number of carbonyl (C=O) groups excluding carboxylic acids is 1. The average molecular weight is 367 g/mol. The van der Waals surface area contributed by atoms with Crippen molar-refractivity contribution in [1.29, 1.82) is 0 Å². The first kappa shape index (κ1) is 17.9. The van der Waals surface area contributed by atoms with E-state index >= 15 is 0 Å². The molecule has 1 atom stereocenters. The second-order valence-electron chi connectivity index (χ2n) is 6.40. The zero-order chi connectivity index (χ0) is 18.0. The molecule has 1 heterocycles. The van der Waals surface area contributed by atoms with Gasteiger partial charge in [-0.3, -0.25) is 4.79 Å². The van der Waals surface area contributed by atoms with Gasteiger partial charge in [-0.25, -0.2) is 13.2 Å². The molecule has 2 fully saturated rings. The van der Waals surface area contributed by atoms with Crippen LogP contribution >= 0.6 is 0 Å². The predicted octanol–water partition coefficient (Wildman–Crippen LogP) is 1.33. The molecule has 3 rings (SSSR count). The molecule has 1 aliphatic heterocycles. The monoisotopic (exact) mass is 367 g/mol. The minimum absolute atomic E-state index is 0.0464. The maximum atomic E-state index is 12.6. The van der Waals surface area contributed by atoms with Gasteiger partial charge in [-0.2, -0.15) is 0 Å². The van der Waals surface area contributed by atoms with Gasteiger partial charge >= 0.3 is 5.97 Å². The van der Waals surface area contributed by atoms with Gasteiger partial charge in [0.1, 0.15) is 0 Å². The summed E-state index contributed by atoms with van der Waals surface area (Å²) >= 11 is 0. The largest absolute Gasteiger partial charge is 0.480 e. The topological polar surface area (TPSA) is 101 Å². The van der Waals surface area contributed by atoms with E-state index < -0.39 is 27.8 Å². The van der Waals surface area contributed by atoms with Crippen molar-refractivity contribution in [3.8, 4) is 0 Å². The van der Waals surface area contributed by atoms with Crippen LogP contribution in [0.5, 0.6) is 0 Å². The zero-order valence-electron chi connectivity index (χ0n) is 13.8. The van der Waals surface area contributed by atoms with Crippen LogP contribution in [0.3, 0.4) is 0 Å². The lowest BCUT2D eigenvalue weighted by Gasteiger charge is -2.32. The number of amides is 1. The minimum atomic E-state index is -3.37. The Labute approximate surface area is 146 Å². The van der Waals surface area contributed by atoms with Gasteiger partial charge in [0.25, 0.3) is 5.91 Å². The number of benzene rings is 1. The molecule has 1 aromatic rings. The van der Waals surface area contributed by atoms with Crippen LogP contribution in [0, 0.1) is 0 Å². The highest BCUT2D eigenvalue weighted by molar-refractivity contribution is 7.92. The first-order chi connectivity index (χ1) is 11.9. The number of hydrogen-bond acceptors (Lipinski definition) is 5. The molecule has 0 radical (unpaired) electrons. The molecule has 7 nitrogen and oxygen atoms in total. The molecule has 0 bridgehead atoms. The van der Waals surface area contributed by atoms with Gasteiger partial charge in [0, 0.05) is 12.1 Å². The molecule has 0 aromatic heterocycles. The van der Waals surface area contributed by atoms with E-state index in [-0.39, 0.29) is 35.5 Å². The highest BCUT2D eigenvalue weighted by Gasteiger charge is 2.34. The number of hydrogen-bond donors (Lipinski definition) is 1. The normalized spacial score (nSPS) is 22.1. The fourth-order valence-corrected chi connectivity index (χ4v) is 5.25. The molecule has 1 unspecified atom stereocenters. The molecule has 1 amide bonds. The van der Waals surface area contributed by atoms with Crippen molar-refractivity contribution in [3.05, 3.63) is 29.8 Å². The third-order valence-corrected chi connectivity index (χ3v) is 7.12. The number of carboxylic acids is 1. The molecule has 0 spiro atoms. The molecule has 1 aliphatic carbocycles. The SMILES string of the molecule is O=C(O)C1COCCN1C(=O)c1ccc(S(=O)(=O)C2CCCC2)cc1. The van der Waals surface area contributed by atoms with Crippen LogP contribution in [-0.4, -0.2) is 61.4 Å². The van der Waals surface area contributed by atoms with Gasteiger partial charge in [0.2, 0.25) is 0 Å². The number of carboxylic acid groups (broad SMARTS) is 1. The minimum Gasteiger partial charge on any atom is -0.480 e. The lowest BCUT2D eigenvalue weighted by molar-refractivity contribution is -0.147. The highest BCUT2D eigenvalue weighted by atomic mass is 32.2. The van der Waals surface area contributed by atoms with Crippen molar-refractivity contribution in [3.63, 3.8) is 0 Å². The van der Waals surface area contributed by atoms with Gasteiger partial charge in [0.05, 0.1) is 23.4 Å². The van der Waals surface area contributed by atoms with Crippen molar-refractivity contribution in [2.24, 2.45) is 0 Å². The summed E-state index contributed by atoms with van der Waals surface area (Å²) in [7, 11) is -3.37. The number of ether oxygens (including phenoxy) is 1. The fraction of sp³-hybridized carbons (Fsp3) is 0.529. The second kappa shape index (κ2) is 7.13. The van der Waals surface area contributed by atoms with E-state index in [1.165, 1.54) is 29.2 Å². The smallest absolute Gasteiger partial charge is 0.328 e. The van der Waals surface area contributed by atoms with Gasteiger partial charge < -0.3 is 14.7 Å². The van der Waals surface area contributed by atoms with Crippen molar-refractivity contribution < 1.29 is 27.9 Å². The van der Waals surface area contributed by atoms with Crippen LogP contribution in [0.1, 0.15) is 36.0 Å². The summed E-state index contributed by atoms with van der Waals surface area (Å²) in [4.78, 5) is 25.3. The van der Waals surface area contributed by atoms with Gasteiger partial charge in [0.15, 0.2) is 15.9 Å². The standard InChI is InChI=1S/C17H21NO6S/c19-16(18-9-10-24-11-15(18)17(20)21)12-5-7-14(8-6-12)25(22,23)13-3-1-2-4-13/h5-8,13,15H,1-4,9-11H2,(H,20,21). The van der Waals surface area contributed by atoms with E-state index in [0.29, 0.717) is 12.8 Å². The van der Waals surface area contributed by atoms with E-state index in [0.717, 1.165) is 12.8 Å². The Bertz CT molecular complexity index is 752. The Balaban J connectivity index is 1.79. The van der Waals surface area contributed by atoms with Crippen molar-refractivity contribution in [2.75, 3.05) is 19.8 Å². The lowest BCUT2D eigenvalue weighted by Crippen LogP contribution is -2.52. The van der Waals surface area contributed by atoms with Crippen LogP contribution in [-0.2, 0) is 19.4 Å².